The zero-order valence-electron chi connectivity index (χ0n) is 20.4. The van der Waals surface area contributed by atoms with Gasteiger partial charge in [-0.1, -0.05) is 41.0 Å². The number of rotatable bonds is 5. The molecule has 4 heteroatoms. The Morgan fingerprint density at radius 1 is 0.968 bits per heavy atom. The normalized spacial score (nSPS) is 51.3. The van der Waals surface area contributed by atoms with Gasteiger partial charge in [-0.15, -0.1) is 0 Å². The molecule has 0 radical (unpaired) electrons. The number of aliphatic hydroxyl groups excluding tert-OH is 2. The predicted molar refractivity (Wildman–Crippen MR) is 122 cm³/mol. The lowest BCUT2D eigenvalue weighted by molar-refractivity contribution is -0.203. The molecule has 4 saturated carbocycles. The third-order valence-corrected chi connectivity index (χ3v) is 11.3. The second kappa shape index (κ2) is 8.31. The lowest BCUT2D eigenvalue weighted by Crippen LogP contribution is -2.62. The molecule has 31 heavy (non-hydrogen) atoms. The van der Waals surface area contributed by atoms with E-state index in [1.165, 1.54) is 25.7 Å². The first-order valence-electron chi connectivity index (χ1n) is 13.1. The molecule has 0 saturated heterocycles. The minimum atomic E-state index is -0.679. The van der Waals surface area contributed by atoms with E-state index in [0.717, 1.165) is 32.1 Å². The van der Waals surface area contributed by atoms with Gasteiger partial charge in [-0.3, -0.25) is 4.79 Å². The summed E-state index contributed by atoms with van der Waals surface area (Å²) in [6.07, 6.45) is 8.95. The van der Waals surface area contributed by atoms with Gasteiger partial charge in [-0.05, 0) is 104 Å². The van der Waals surface area contributed by atoms with E-state index in [2.05, 4.69) is 27.7 Å². The standard InChI is InChI=1S/C27H46O4/c1-6-18-22-14-17(28)9-11-27(22,5)21-10-12-26(4)19(15(2)13-16(3)25(30)31)7-8-20(26)23(21)24(18)29/h15-24,28-29H,6-14H2,1-5H3,(H,30,31)/t15-,16+,17-,18-,19-,20?,21?,22?,23?,24+,26-,27-/m1/s1. The molecule has 4 fully saturated rings. The molecular weight excluding hydrogens is 388 g/mol. The Bertz CT molecular complexity index is 678. The first kappa shape index (κ1) is 23.5. The molecule has 0 bridgehead atoms. The molecule has 4 unspecified atom stereocenters. The molecule has 4 aliphatic rings. The fourth-order valence-electron chi connectivity index (χ4n) is 9.76. The Kier molecular flexibility index (Phi) is 6.31. The monoisotopic (exact) mass is 434 g/mol. The van der Waals surface area contributed by atoms with Crippen molar-refractivity contribution in [2.24, 2.45) is 58.2 Å². The highest BCUT2D eigenvalue weighted by atomic mass is 16.4. The summed E-state index contributed by atoms with van der Waals surface area (Å²) in [4.78, 5) is 11.5. The Morgan fingerprint density at radius 3 is 2.26 bits per heavy atom. The topological polar surface area (TPSA) is 77.8 Å². The molecular formula is C27H46O4. The van der Waals surface area contributed by atoms with Crippen LogP contribution in [0.2, 0.25) is 0 Å². The summed E-state index contributed by atoms with van der Waals surface area (Å²) in [6, 6.07) is 0. The molecule has 12 atom stereocenters. The predicted octanol–water partition coefficient (Wildman–Crippen LogP) is 5.36. The molecule has 4 nitrogen and oxygen atoms in total. The molecule has 0 amide bonds. The van der Waals surface area contributed by atoms with Crippen LogP contribution in [0.4, 0.5) is 0 Å². The highest BCUT2D eigenvalue weighted by Gasteiger charge is 2.64. The van der Waals surface area contributed by atoms with Gasteiger partial charge in [0.15, 0.2) is 0 Å². The number of hydrogen-bond acceptors (Lipinski definition) is 3. The summed E-state index contributed by atoms with van der Waals surface area (Å²) < 4.78 is 0. The minimum Gasteiger partial charge on any atom is -0.481 e. The van der Waals surface area contributed by atoms with Crippen molar-refractivity contribution in [1.29, 1.82) is 0 Å². The molecule has 0 aromatic heterocycles. The van der Waals surface area contributed by atoms with Crippen molar-refractivity contribution in [3.8, 4) is 0 Å². The summed E-state index contributed by atoms with van der Waals surface area (Å²) >= 11 is 0. The maximum Gasteiger partial charge on any atom is 0.306 e. The van der Waals surface area contributed by atoms with Crippen LogP contribution in [0.5, 0.6) is 0 Å². The highest BCUT2D eigenvalue weighted by Crippen LogP contribution is 2.69. The summed E-state index contributed by atoms with van der Waals surface area (Å²) in [6.45, 7) is 11.3. The molecule has 0 aliphatic heterocycles. The second-order valence-electron chi connectivity index (χ2n) is 12.6. The van der Waals surface area contributed by atoms with Crippen LogP contribution in [0, 0.1) is 58.2 Å². The van der Waals surface area contributed by atoms with Crippen molar-refractivity contribution >= 4 is 5.97 Å². The van der Waals surface area contributed by atoms with Gasteiger partial charge < -0.3 is 15.3 Å². The van der Waals surface area contributed by atoms with Crippen LogP contribution in [-0.4, -0.2) is 33.5 Å². The van der Waals surface area contributed by atoms with Crippen molar-refractivity contribution < 1.29 is 20.1 Å². The summed E-state index contributed by atoms with van der Waals surface area (Å²) in [7, 11) is 0. The molecule has 0 spiro atoms. The number of aliphatic carboxylic acids is 1. The van der Waals surface area contributed by atoms with E-state index in [1.807, 2.05) is 6.92 Å². The summed E-state index contributed by atoms with van der Waals surface area (Å²) in [5.74, 6) is 2.23. The lowest BCUT2D eigenvalue weighted by Gasteiger charge is -2.64. The maximum atomic E-state index is 11.7. The molecule has 0 heterocycles. The Morgan fingerprint density at radius 2 is 1.61 bits per heavy atom. The molecule has 0 aromatic rings. The largest absolute Gasteiger partial charge is 0.481 e. The van der Waals surface area contributed by atoms with E-state index in [0.29, 0.717) is 41.4 Å². The second-order valence-corrected chi connectivity index (χ2v) is 12.6. The highest BCUT2D eigenvalue weighted by molar-refractivity contribution is 5.69. The average Bonchev–Trinajstić information content (AvgIpc) is 3.06. The SMILES string of the molecule is CC[C@@H]1C2C[C@H](O)CC[C@]2(C)C2CC[C@@]3(C)C(CC[C@@H]3[C@H](C)C[C@H](C)C(=O)O)C2[C@H]1O. The smallest absolute Gasteiger partial charge is 0.306 e. The van der Waals surface area contributed by atoms with Crippen molar-refractivity contribution in [3.63, 3.8) is 0 Å². The van der Waals surface area contributed by atoms with Crippen molar-refractivity contribution in [2.45, 2.75) is 105 Å². The van der Waals surface area contributed by atoms with E-state index in [9.17, 15) is 20.1 Å². The van der Waals surface area contributed by atoms with Crippen LogP contribution in [0.25, 0.3) is 0 Å². The van der Waals surface area contributed by atoms with Crippen LogP contribution in [0.1, 0.15) is 92.4 Å². The summed E-state index contributed by atoms with van der Waals surface area (Å²) in [5.41, 5.74) is 0.460. The van der Waals surface area contributed by atoms with Crippen LogP contribution < -0.4 is 0 Å². The number of carboxylic acids is 1. The van der Waals surface area contributed by atoms with E-state index >= 15 is 0 Å². The van der Waals surface area contributed by atoms with Gasteiger partial charge in [-0.25, -0.2) is 0 Å². The number of carbonyl (C=O) groups is 1. The van der Waals surface area contributed by atoms with Gasteiger partial charge in [0.2, 0.25) is 0 Å². The number of carboxylic acid groups (broad SMARTS) is 1. The molecule has 178 valence electrons. The summed E-state index contributed by atoms with van der Waals surface area (Å²) in [5, 5.41) is 31.6. The van der Waals surface area contributed by atoms with Crippen LogP contribution in [0.3, 0.4) is 0 Å². The molecule has 3 N–H and O–H groups in total. The fourth-order valence-corrected chi connectivity index (χ4v) is 9.76. The Labute approximate surface area is 189 Å². The van der Waals surface area contributed by atoms with E-state index in [-0.39, 0.29) is 29.0 Å². The van der Waals surface area contributed by atoms with Gasteiger partial charge in [0.05, 0.1) is 18.1 Å². The Balaban J connectivity index is 1.61. The molecule has 0 aromatic carbocycles. The average molecular weight is 435 g/mol. The number of hydrogen-bond donors (Lipinski definition) is 3. The van der Waals surface area contributed by atoms with E-state index < -0.39 is 5.97 Å². The zero-order valence-corrected chi connectivity index (χ0v) is 20.4. The third kappa shape index (κ3) is 3.59. The van der Waals surface area contributed by atoms with Gasteiger partial charge in [0, 0.05) is 0 Å². The van der Waals surface area contributed by atoms with Crippen molar-refractivity contribution in [2.75, 3.05) is 0 Å². The van der Waals surface area contributed by atoms with Gasteiger partial charge in [-0.2, -0.15) is 0 Å². The molecule has 4 rings (SSSR count). The van der Waals surface area contributed by atoms with Gasteiger partial charge in [0.1, 0.15) is 0 Å². The van der Waals surface area contributed by atoms with E-state index in [1.54, 1.807) is 0 Å². The van der Waals surface area contributed by atoms with Gasteiger partial charge >= 0.3 is 5.97 Å². The van der Waals surface area contributed by atoms with Crippen LogP contribution >= 0.6 is 0 Å². The zero-order chi connectivity index (χ0) is 22.7. The fraction of sp³-hybridized carbons (Fsp3) is 0.963. The number of aliphatic hydroxyl groups is 2. The van der Waals surface area contributed by atoms with Crippen LogP contribution in [-0.2, 0) is 4.79 Å². The lowest BCUT2D eigenvalue weighted by atomic mass is 9.41. The number of fused-ring (bicyclic) bond motifs is 5. The molecule has 4 aliphatic carbocycles. The first-order chi connectivity index (χ1) is 14.5. The maximum absolute atomic E-state index is 11.7. The van der Waals surface area contributed by atoms with Crippen molar-refractivity contribution in [3.05, 3.63) is 0 Å². The van der Waals surface area contributed by atoms with Crippen LogP contribution in [0.15, 0.2) is 0 Å². The van der Waals surface area contributed by atoms with E-state index in [4.69, 9.17) is 0 Å². The first-order valence-corrected chi connectivity index (χ1v) is 13.1. The minimum absolute atomic E-state index is 0.197. The quantitative estimate of drug-likeness (QED) is 0.544. The van der Waals surface area contributed by atoms with Gasteiger partial charge in [0.25, 0.3) is 0 Å². The Hall–Kier alpha value is -0.610. The van der Waals surface area contributed by atoms with Crippen molar-refractivity contribution in [1.82, 2.24) is 0 Å². The third-order valence-electron chi connectivity index (χ3n) is 11.3.